The largest absolute Gasteiger partial charge is 0.369 e. The van der Waals surface area contributed by atoms with Crippen LogP contribution in [0.25, 0.3) is 22.2 Å². The van der Waals surface area contributed by atoms with E-state index in [4.69, 9.17) is 4.84 Å². The summed E-state index contributed by atoms with van der Waals surface area (Å²) in [6, 6.07) is 24.4. The second kappa shape index (κ2) is 11.0. The molecule has 0 unspecified atom stereocenters. The molecule has 1 aliphatic carbocycles. The Balaban J connectivity index is 1.04. The van der Waals surface area contributed by atoms with Gasteiger partial charge in [0.25, 0.3) is 0 Å². The number of piperazine rings is 1. The summed E-state index contributed by atoms with van der Waals surface area (Å²) < 4.78 is 0. The normalized spacial score (nSPS) is 20.5. The van der Waals surface area contributed by atoms with Crippen LogP contribution in [0, 0.1) is 5.92 Å². The van der Waals surface area contributed by atoms with Gasteiger partial charge in [-0.3, -0.25) is 4.90 Å². The maximum Gasteiger partial charge on any atom is 0.365 e. The molecule has 3 aromatic carbocycles. The Morgan fingerprint density at radius 2 is 1.50 bits per heavy atom. The van der Waals surface area contributed by atoms with Gasteiger partial charge in [0.2, 0.25) is 0 Å². The number of carbonyl (C=O) groups excluding carboxylic acids is 1. The van der Waals surface area contributed by atoms with Gasteiger partial charge in [-0.1, -0.05) is 54.6 Å². The lowest BCUT2D eigenvalue weighted by molar-refractivity contribution is 0.0409. The Kier molecular flexibility index (Phi) is 7.10. The highest BCUT2D eigenvalue weighted by molar-refractivity contribution is 5.90. The van der Waals surface area contributed by atoms with Crippen molar-refractivity contribution >= 4 is 22.7 Å². The molecule has 7 heteroatoms. The second-order valence-electron chi connectivity index (χ2n) is 10.6. The van der Waals surface area contributed by atoms with Gasteiger partial charge in [0.15, 0.2) is 0 Å². The predicted molar refractivity (Wildman–Crippen MR) is 150 cm³/mol. The van der Waals surface area contributed by atoms with Crippen molar-refractivity contribution in [2.24, 2.45) is 5.92 Å². The van der Waals surface area contributed by atoms with Crippen molar-refractivity contribution in [3.8, 4) is 11.1 Å². The topological polar surface area (TPSA) is 63.5 Å². The molecule has 2 fully saturated rings. The fourth-order valence-electron chi connectivity index (χ4n) is 5.97. The summed E-state index contributed by atoms with van der Waals surface area (Å²) in [5, 5.41) is 7.94. The van der Waals surface area contributed by atoms with Crippen molar-refractivity contribution in [3.63, 3.8) is 0 Å². The molecule has 0 N–H and O–H groups in total. The number of hydrogen-bond donors (Lipinski definition) is 0. The van der Waals surface area contributed by atoms with E-state index in [2.05, 4.69) is 51.3 Å². The van der Waals surface area contributed by atoms with Crippen LogP contribution < -0.4 is 9.74 Å². The van der Waals surface area contributed by atoms with Crippen LogP contribution >= 0.6 is 0 Å². The van der Waals surface area contributed by atoms with Gasteiger partial charge in [0.1, 0.15) is 11.0 Å². The van der Waals surface area contributed by atoms with E-state index in [-0.39, 0.29) is 0 Å². The third-order valence-electron chi connectivity index (χ3n) is 8.40. The number of para-hydroxylation sites is 1. The highest BCUT2D eigenvalue weighted by atomic mass is 16.7. The van der Waals surface area contributed by atoms with Gasteiger partial charge in [-0.25, -0.2) is 4.79 Å². The first-order valence-corrected chi connectivity index (χ1v) is 13.9. The van der Waals surface area contributed by atoms with Crippen LogP contribution in [0.3, 0.4) is 0 Å². The zero-order valence-electron chi connectivity index (χ0n) is 22.0. The summed E-state index contributed by atoms with van der Waals surface area (Å²) >= 11 is 0. The smallest absolute Gasteiger partial charge is 0.365 e. The average Bonchev–Trinajstić information content (AvgIpc) is 3.40. The maximum atomic E-state index is 12.7. The number of benzene rings is 3. The van der Waals surface area contributed by atoms with E-state index in [1.807, 2.05) is 36.4 Å². The number of nitrogens with zero attached hydrogens (tertiary/aromatic N) is 5. The van der Waals surface area contributed by atoms with E-state index < -0.39 is 5.97 Å². The molecule has 38 heavy (non-hydrogen) atoms. The second-order valence-corrected chi connectivity index (χ2v) is 10.6. The Morgan fingerprint density at radius 3 is 2.18 bits per heavy atom. The van der Waals surface area contributed by atoms with Crippen molar-refractivity contribution in [3.05, 3.63) is 78.4 Å². The van der Waals surface area contributed by atoms with Crippen molar-refractivity contribution in [1.29, 1.82) is 0 Å². The minimum atomic E-state index is -0.472. The lowest BCUT2D eigenvalue weighted by atomic mass is 9.84. The van der Waals surface area contributed by atoms with E-state index in [0.29, 0.717) is 16.6 Å². The van der Waals surface area contributed by atoms with Crippen LogP contribution in [0.1, 0.15) is 49.4 Å². The first-order valence-electron chi connectivity index (χ1n) is 13.9. The number of fused-ring (bicyclic) bond motifs is 1. The third kappa shape index (κ3) is 5.16. The number of aromatic nitrogens is 3. The zero-order chi connectivity index (χ0) is 25.9. The van der Waals surface area contributed by atoms with Crippen LogP contribution in [0.15, 0.2) is 72.8 Å². The minimum absolute atomic E-state index is 0.464. The molecule has 0 amide bonds. The fraction of sp³-hybridized carbons (Fsp3) is 0.387. The summed E-state index contributed by atoms with van der Waals surface area (Å²) in [5.74, 6) is 0.483. The van der Waals surface area contributed by atoms with Crippen LogP contribution in [0.5, 0.6) is 0 Å². The summed E-state index contributed by atoms with van der Waals surface area (Å²) in [5.41, 5.74) is 5.26. The van der Waals surface area contributed by atoms with Crippen LogP contribution in [0.2, 0.25) is 0 Å². The Morgan fingerprint density at radius 1 is 0.842 bits per heavy atom. The highest BCUT2D eigenvalue weighted by Crippen LogP contribution is 2.31. The zero-order valence-corrected chi connectivity index (χ0v) is 22.0. The van der Waals surface area contributed by atoms with Crippen molar-refractivity contribution < 1.29 is 9.63 Å². The molecule has 0 bridgehead atoms. The van der Waals surface area contributed by atoms with E-state index in [1.54, 1.807) is 12.1 Å². The third-order valence-corrected chi connectivity index (χ3v) is 8.40. The first-order chi connectivity index (χ1) is 18.7. The van der Waals surface area contributed by atoms with Gasteiger partial charge >= 0.3 is 5.97 Å². The molecule has 1 aliphatic heterocycles. The van der Waals surface area contributed by atoms with Gasteiger partial charge < -0.3 is 9.74 Å². The average molecular weight is 510 g/mol. The molecule has 2 heterocycles. The number of carbonyl (C=O) groups is 1. The number of hydrogen-bond acceptors (Lipinski definition) is 6. The fourth-order valence-corrected chi connectivity index (χ4v) is 5.97. The highest BCUT2D eigenvalue weighted by Gasteiger charge is 2.27. The summed E-state index contributed by atoms with van der Waals surface area (Å²) in [7, 11) is 0. The quantitative estimate of drug-likeness (QED) is 0.322. The Bertz CT molecular complexity index is 1370. The van der Waals surface area contributed by atoms with Gasteiger partial charge in [0, 0.05) is 37.9 Å². The van der Waals surface area contributed by atoms with Gasteiger partial charge in [-0.05, 0) is 84.3 Å². The SMILES string of the molecule is CC[C@H]1CC[C@H](N2CCN(c3ccc(-c4ccc(C(=O)On5nnc6ccccc65)cc4)cc3)CC2)CC1. The van der Waals surface area contributed by atoms with Gasteiger partial charge in [-0.15, -0.1) is 5.10 Å². The van der Waals surface area contributed by atoms with E-state index in [0.717, 1.165) is 49.3 Å². The van der Waals surface area contributed by atoms with Crippen LogP contribution in [-0.4, -0.2) is 58.2 Å². The molecule has 1 saturated carbocycles. The molecule has 1 aromatic heterocycles. The molecule has 7 nitrogen and oxygen atoms in total. The molecule has 2 aliphatic rings. The number of rotatable bonds is 6. The first kappa shape index (κ1) is 24.6. The maximum absolute atomic E-state index is 12.7. The summed E-state index contributed by atoms with van der Waals surface area (Å²) in [6.45, 7) is 6.83. The standard InChI is InChI=1S/C31H35N5O2/c1-2-23-7-15-27(16-8-23)34-19-21-35(22-20-34)28-17-13-25(14-18-28)24-9-11-26(12-10-24)31(37)38-36-30-6-4-3-5-29(30)32-33-36/h3-6,9-14,17-18,23,27H,2,7-8,15-16,19-22H2,1H3/t23-,27-. The van der Waals surface area contributed by atoms with Crippen molar-refractivity contribution in [2.75, 3.05) is 31.1 Å². The van der Waals surface area contributed by atoms with E-state index in [9.17, 15) is 4.79 Å². The van der Waals surface area contributed by atoms with Crippen LogP contribution in [-0.2, 0) is 0 Å². The predicted octanol–water partition coefficient (Wildman–Crippen LogP) is 5.46. The molecule has 4 aromatic rings. The van der Waals surface area contributed by atoms with Gasteiger partial charge in [0.05, 0.1) is 5.56 Å². The molecule has 196 valence electrons. The van der Waals surface area contributed by atoms with E-state index >= 15 is 0 Å². The molecule has 1 saturated heterocycles. The lowest BCUT2D eigenvalue weighted by Crippen LogP contribution is -2.51. The molecule has 6 rings (SSSR count). The summed E-state index contributed by atoms with van der Waals surface area (Å²) in [6.07, 6.45) is 6.91. The van der Waals surface area contributed by atoms with Crippen LogP contribution in [0.4, 0.5) is 5.69 Å². The lowest BCUT2D eigenvalue weighted by Gasteiger charge is -2.42. The van der Waals surface area contributed by atoms with Crippen molar-refractivity contribution in [1.82, 2.24) is 20.1 Å². The molecule has 0 spiro atoms. The molecular weight excluding hydrogens is 474 g/mol. The molecule has 0 atom stereocenters. The van der Waals surface area contributed by atoms with E-state index in [1.165, 1.54) is 42.6 Å². The number of anilines is 1. The monoisotopic (exact) mass is 509 g/mol. The van der Waals surface area contributed by atoms with Crippen molar-refractivity contribution in [2.45, 2.75) is 45.1 Å². The Hall–Kier alpha value is -3.71. The molecular formula is C31H35N5O2. The summed E-state index contributed by atoms with van der Waals surface area (Å²) in [4.78, 5) is 24.5. The molecule has 0 radical (unpaired) electrons. The van der Waals surface area contributed by atoms with Gasteiger partial charge in [-0.2, -0.15) is 0 Å². The minimum Gasteiger partial charge on any atom is -0.369 e. The Labute approximate surface area is 224 Å².